The summed E-state index contributed by atoms with van der Waals surface area (Å²) in [5, 5.41) is 8.45. The highest BCUT2D eigenvalue weighted by molar-refractivity contribution is 7.89. The molecule has 0 spiro atoms. The number of hydrogen-bond acceptors (Lipinski definition) is 5. The van der Waals surface area contributed by atoms with E-state index in [1.54, 1.807) is 12.1 Å². The van der Waals surface area contributed by atoms with Crippen molar-refractivity contribution in [2.45, 2.75) is 29.7 Å². The molecule has 6 nitrogen and oxygen atoms in total. The van der Waals surface area contributed by atoms with Crippen LogP contribution in [0.25, 0.3) is 0 Å². The molecule has 0 radical (unpaired) electrons. The zero-order chi connectivity index (χ0) is 15.0. The smallest absolute Gasteiger partial charge is 0.240 e. The number of anilines is 2. The van der Waals surface area contributed by atoms with Crippen molar-refractivity contribution in [2.24, 2.45) is 5.14 Å². The summed E-state index contributed by atoms with van der Waals surface area (Å²) in [6, 6.07) is 4.72. The van der Waals surface area contributed by atoms with E-state index in [2.05, 4.69) is 10.2 Å². The van der Waals surface area contributed by atoms with Gasteiger partial charge in [0.1, 0.15) is 4.90 Å². The van der Waals surface area contributed by atoms with Gasteiger partial charge in [0.15, 0.2) is 0 Å². The van der Waals surface area contributed by atoms with Gasteiger partial charge in [0.25, 0.3) is 0 Å². The monoisotopic (exact) mass is 298 g/mol. The zero-order valence-electron chi connectivity index (χ0n) is 11.9. The number of hydrogen-bond donors (Lipinski definition) is 3. The van der Waals surface area contributed by atoms with E-state index in [9.17, 15) is 8.42 Å². The molecular weight excluding hydrogens is 276 g/mol. The number of sulfonamides is 1. The number of nitrogens with zero attached hydrogens (tertiary/aromatic N) is 1. The quantitative estimate of drug-likeness (QED) is 0.698. The Morgan fingerprint density at radius 3 is 2.45 bits per heavy atom. The molecule has 5 N–H and O–H groups in total. The molecule has 1 aromatic carbocycles. The van der Waals surface area contributed by atoms with E-state index in [0.29, 0.717) is 17.9 Å². The maximum absolute atomic E-state index is 11.6. The van der Waals surface area contributed by atoms with E-state index in [1.165, 1.54) is 12.5 Å². The van der Waals surface area contributed by atoms with Crippen LogP contribution in [0.4, 0.5) is 11.4 Å². The molecule has 0 aliphatic heterocycles. The number of nitrogen functional groups attached to an aromatic ring is 1. The second-order valence-corrected chi connectivity index (χ2v) is 7.16. The predicted molar refractivity (Wildman–Crippen MR) is 81.0 cm³/mol. The molecule has 1 saturated carbocycles. The van der Waals surface area contributed by atoms with Gasteiger partial charge in [0, 0.05) is 17.8 Å². The van der Waals surface area contributed by atoms with Gasteiger partial charge < -0.3 is 16.0 Å². The Labute approximate surface area is 120 Å². The van der Waals surface area contributed by atoms with E-state index in [0.717, 1.165) is 12.8 Å². The molecular formula is C13H22N4O2S. The lowest BCUT2D eigenvalue weighted by Gasteiger charge is -2.47. The normalized spacial score (nSPS) is 17.8. The highest BCUT2D eigenvalue weighted by Crippen LogP contribution is 2.36. The summed E-state index contributed by atoms with van der Waals surface area (Å²) in [6.07, 6.45) is 3.41. The summed E-state index contributed by atoms with van der Waals surface area (Å²) in [6.45, 7) is 0.687. The van der Waals surface area contributed by atoms with Crippen molar-refractivity contribution in [3.63, 3.8) is 0 Å². The molecule has 1 aromatic rings. The first-order chi connectivity index (χ1) is 9.24. The zero-order valence-corrected chi connectivity index (χ0v) is 12.7. The van der Waals surface area contributed by atoms with Gasteiger partial charge in [-0.2, -0.15) is 0 Å². The lowest BCUT2D eigenvalue weighted by molar-refractivity contribution is 0.0738. The van der Waals surface area contributed by atoms with Crippen molar-refractivity contribution in [2.75, 3.05) is 31.7 Å². The van der Waals surface area contributed by atoms with E-state index in [-0.39, 0.29) is 10.4 Å². The van der Waals surface area contributed by atoms with Gasteiger partial charge in [0.05, 0.1) is 5.69 Å². The van der Waals surface area contributed by atoms with Crippen LogP contribution in [-0.4, -0.2) is 39.5 Å². The Kier molecular flexibility index (Phi) is 3.95. The molecule has 7 heteroatoms. The van der Waals surface area contributed by atoms with Crippen LogP contribution in [0.5, 0.6) is 0 Å². The summed E-state index contributed by atoms with van der Waals surface area (Å²) in [7, 11) is 0.303. The Morgan fingerprint density at radius 1 is 1.35 bits per heavy atom. The maximum atomic E-state index is 11.6. The first kappa shape index (κ1) is 15.1. The number of rotatable bonds is 5. The minimum absolute atomic E-state index is 0.0470. The van der Waals surface area contributed by atoms with Gasteiger partial charge in [-0.1, -0.05) is 0 Å². The summed E-state index contributed by atoms with van der Waals surface area (Å²) in [5.41, 5.74) is 6.62. The van der Waals surface area contributed by atoms with E-state index in [4.69, 9.17) is 10.9 Å². The lowest BCUT2D eigenvalue weighted by atomic mass is 9.75. The largest absolute Gasteiger partial charge is 0.399 e. The molecule has 0 amide bonds. The van der Waals surface area contributed by atoms with Gasteiger partial charge in [-0.15, -0.1) is 0 Å². The highest BCUT2D eigenvalue weighted by Gasteiger charge is 2.38. The van der Waals surface area contributed by atoms with Gasteiger partial charge in [-0.25, -0.2) is 13.6 Å². The fraction of sp³-hybridized carbons (Fsp3) is 0.538. The highest BCUT2D eigenvalue weighted by atomic mass is 32.2. The number of primary sulfonamides is 1. The van der Waals surface area contributed by atoms with E-state index in [1.807, 2.05) is 14.1 Å². The van der Waals surface area contributed by atoms with Crippen LogP contribution in [0.3, 0.4) is 0 Å². The second-order valence-electron chi connectivity index (χ2n) is 5.63. The third-order valence-electron chi connectivity index (χ3n) is 4.15. The van der Waals surface area contributed by atoms with Crippen LogP contribution in [0, 0.1) is 0 Å². The summed E-state index contributed by atoms with van der Waals surface area (Å²) >= 11 is 0. The van der Waals surface area contributed by atoms with Gasteiger partial charge in [-0.3, -0.25) is 0 Å². The van der Waals surface area contributed by atoms with Crippen molar-refractivity contribution in [3.8, 4) is 0 Å². The van der Waals surface area contributed by atoms with Crippen LogP contribution in [0.2, 0.25) is 0 Å². The minimum atomic E-state index is -3.79. The van der Waals surface area contributed by atoms with Gasteiger partial charge in [0.2, 0.25) is 10.0 Å². The van der Waals surface area contributed by atoms with Crippen molar-refractivity contribution in [1.29, 1.82) is 0 Å². The molecule has 0 aromatic heterocycles. The molecule has 0 heterocycles. The van der Waals surface area contributed by atoms with Crippen molar-refractivity contribution in [3.05, 3.63) is 18.2 Å². The first-order valence-electron chi connectivity index (χ1n) is 6.58. The summed E-state index contributed by atoms with van der Waals surface area (Å²) in [5.74, 6) is 0. The van der Waals surface area contributed by atoms with Crippen LogP contribution >= 0.6 is 0 Å². The number of likely N-dealkylation sites (N-methyl/N-ethyl adjacent to an activating group) is 1. The standard InChI is InChI=1S/C13H22N4O2S/c1-17(2)13(6-3-7-13)9-16-11-5-4-10(14)8-12(11)20(15,18)19/h4-5,8,16H,3,6-7,9,14H2,1-2H3,(H2,15,18,19). The first-order valence-corrected chi connectivity index (χ1v) is 8.13. The van der Waals surface area contributed by atoms with Crippen LogP contribution < -0.4 is 16.2 Å². The Balaban J connectivity index is 2.22. The molecule has 0 unspecified atom stereocenters. The van der Waals surface area contributed by atoms with Gasteiger partial charge in [-0.05, 0) is 51.6 Å². The van der Waals surface area contributed by atoms with Gasteiger partial charge >= 0.3 is 0 Å². The SMILES string of the molecule is CN(C)C1(CNc2ccc(N)cc2S(N)(=O)=O)CCC1. The molecule has 1 fully saturated rings. The third kappa shape index (κ3) is 2.89. The molecule has 20 heavy (non-hydrogen) atoms. The maximum Gasteiger partial charge on any atom is 0.240 e. The topological polar surface area (TPSA) is 101 Å². The molecule has 0 saturated heterocycles. The molecule has 1 aliphatic carbocycles. The fourth-order valence-corrected chi connectivity index (χ4v) is 3.29. The second kappa shape index (κ2) is 5.23. The van der Waals surface area contributed by atoms with Crippen molar-refractivity contribution < 1.29 is 8.42 Å². The Morgan fingerprint density at radius 2 is 2.00 bits per heavy atom. The van der Waals surface area contributed by atoms with Crippen LogP contribution in [-0.2, 0) is 10.0 Å². The Bertz CT molecular complexity index is 594. The molecule has 2 rings (SSSR count). The molecule has 1 aliphatic rings. The summed E-state index contributed by atoms with van der Waals surface area (Å²) < 4.78 is 23.2. The minimum Gasteiger partial charge on any atom is -0.399 e. The van der Waals surface area contributed by atoms with E-state index >= 15 is 0 Å². The van der Waals surface area contributed by atoms with Crippen molar-refractivity contribution in [1.82, 2.24) is 4.90 Å². The summed E-state index contributed by atoms with van der Waals surface area (Å²) in [4.78, 5) is 2.24. The molecule has 112 valence electrons. The third-order valence-corrected chi connectivity index (χ3v) is 5.10. The average molecular weight is 298 g/mol. The van der Waals surface area contributed by atoms with Crippen LogP contribution in [0.15, 0.2) is 23.1 Å². The average Bonchev–Trinajstić information content (AvgIpc) is 2.27. The van der Waals surface area contributed by atoms with Crippen molar-refractivity contribution >= 4 is 21.4 Å². The number of nitrogens with one attached hydrogen (secondary N) is 1. The predicted octanol–water partition coefficient (Wildman–Crippen LogP) is 0.812. The molecule has 0 bridgehead atoms. The number of benzene rings is 1. The molecule has 0 atom stereocenters. The van der Waals surface area contributed by atoms with Crippen LogP contribution in [0.1, 0.15) is 19.3 Å². The fourth-order valence-electron chi connectivity index (χ4n) is 2.55. The Hall–Kier alpha value is -1.31. The lowest BCUT2D eigenvalue weighted by Crippen LogP contribution is -2.54. The van der Waals surface area contributed by atoms with E-state index < -0.39 is 10.0 Å². The number of nitrogens with two attached hydrogens (primary N) is 2.